The second-order valence-corrected chi connectivity index (χ2v) is 8.80. The summed E-state index contributed by atoms with van der Waals surface area (Å²) in [7, 11) is 0. The first-order chi connectivity index (χ1) is 12.2. The molecule has 1 aromatic heterocycles. The predicted molar refractivity (Wildman–Crippen MR) is 109 cm³/mol. The summed E-state index contributed by atoms with van der Waals surface area (Å²) in [6, 6.07) is 0. The van der Waals surface area contributed by atoms with Crippen molar-refractivity contribution in [2.45, 2.75) is 110 Å². The number of unbranched alkanes of at least 4 members (excludes halogenated alkanes) is 3. The van der Waals surface area contributed by atoms with Crippen LogP contribution in [-0.2, 0) is 6.42 Å². The van der Waals surface area contributed by atoms with E-state index in [1.807, 2.05) is 6.20 Å². The Kier molecular flexibility index (Phi) is 8.36. The van der Waals surface area contributed by atoms with E-state index in [2.05, 4.69) is 31.0 Å². The molecule has 1 unspecified atom stereocenters. The van der Waals surface area contributed by atoms with Crippen molar-refractivity contribution in [2.24, 2.45) is 10.8 Å². The van der Waals surface area contributed by atoms with Crippen molar-refractivity contribution in [3.63, 3.8) is 0 Å². The van der Waals surface area contributed by atoms with Crippen LogP contribution < -0.4 is 0 Å². The van der Waals surface area contributed by atoms with Crippen molar-refractivity contribution in [1.29, 1.82) is 0 Å². The Morgan fingerprint density at radius 3 is 2.04 bits per heavy atom. The molecule has 0 N–H and O–H groups in total. The molecule has 3 rings (SSSR count). The number of rotatable bonds is 12. The molecular weight excluding hydrogens is 425 g/mol. The topological polar surface area (TPSA) is 38.7 Å². The summed E-state index contributed by atoms with van der Waals surface area (Å²) < 4.78 is 0. The van der Waals surface area contributed by atoms with Crippen LogP contribution in [0, 0.1) is 10.8 Å². The van der Waals surface area contributed by atoms with E-state index in [0.717, 1.165) is 12.2 Å². The van der Waals surface area contributed by atoms with Gasteiger partial charge in [-0.1, -0.05) is 59.3 Å². The summed E-state index contributed by atoms with van der Waals surface area (Å²) in [6.45, 7) is 6.98. The second kappa shape index (κ2) is 9.84. The average molecular weight is 462 g/mol. The summed E-state index contributed by atoms with van der Waals surface area (Å²) in [4.78, 5) is 4.92. The summed E-state index contributed by atoms with van der Waals surface area (Å²) in [5.74, 6) is 1.69. The van der Waals surface area contributed by atoms with Gasteiger partial charge >= 0.3 is 0 Å². The van der Waals surface area contributed by atoms with E-state index in [9.17, 15) is 0 Å². The molecule has 2 saturated carbocycles. The maximum absolute atomic E-state index is 4.92. The average Bonchev–Trinajstić information content (AvgIpc) is 3.54. The van der Waals surface area contributed by atoms with Crippen LogP contribution in [0.2, 0.25) is 0 Å². The van der Waals surface area contributed by atoms with Crippen LogP contribution in [0.4, 0.5) is 0 Å². The maximum atomic E-state index is 4.92. The van der Waals surface area contributed by atoms with E-state index in [4.69, 9.17) is 4.98 Å². The van der Waals surface area contributed by atoms with Crippen LogP contribution in [-0.4, -0.2) is 39.1 Å². The van der Waals surface area contributed by atoms with Crippen molar-refractivity contribution < 1.29 is 0 Å². The zero-order valence-electron chi connectivity index (χ0n) is 17.2. The molecule has 1 heterocycles. The molecule has 2 aliphatic carbocycles. The summed E-state index contributed by atoms with van der Waals surface area (Å²) in [5.41, 5.74) is 2.22. The first kappa shape index (κ1) is 22.1. The number of aromatic nitrogens is 3. The van der Waals surface area contributed by atoms with Gasteiger partial charge in [-0.3, -0.25) is 0 Å². The second-order valence-electron chi connectivity index (χ2n) is 8.80. The van der Waals surface area contributed by atoms with Crippen molar-refractivity contribution in [3.8, 4) is 0 Å². The zero-order chi connectivity index (χ0) is 17.8. The molecule has 0 aliphatic heterocycles. The third kappa shape index (κ3) is 4.99. The fourth-order valence-corrected chi connectivity index (χ4v) is 4.98. The minimum absolute atomic E-state index is 0. The van der Waals surface area contributed by atoms with E-state index >= 15 is 0 Å². The molecule has 1 atom stereocenters. The van der Waals surface area contributed by atoms with Crippen LogP contribution >= 0.6 is 0 Å². The third-order valence-corrected chi connectivity index (χ3v) is 6.82. The molecule has 144 valence electrons. The van der Waals surface area contributed by atoms with E-state index in [-0.39, 0.29) is 23.9 Å². The smallest absolute Gasteiger partial charge is 0.151 e. The molecule has 4 radical (unpaired) electrons. The molecule has 0 saturated heterocycles. The van der Waals surface area contributed by atoms with Gasteiger partial charge in [0.1, 0.15) is 0 Å². The Morgan fingerprint density at radius 1 is 0.923 bits per heavy atom. The Hall–Kier alpha value is -0.191. The van der Waals surface area contributed by atoms with Crippen molar-refractivity contribution >= 4 is 23.9 Å². The first-order valence-electron chi connectivity index (χ1n) is 10.9. The van der Waals surface area contributed by atoms with Crippen LogP contribution in [0.1, 0.15) is 115 Å². The quantitative estimate of drug-likeness (QED) is 0.366. The fourth-order valence-electron chi connectivity index (χ4n) is 4.98. The number of hydrogen-bond donors (Lipinski definition) is 0. The Bertz CT molecular complexity index is 550. The van der Waals surface area contributed by atoms with Crippen molar-refractivity contribution in [2.75, 3.05) is 0 Å². The van der Waals surface area contributed by atoms with E-state index in [0.29, 0.717) is 16.7 Å². The molecule has 0 bridgehead atoms. The van der Waals surface area contributed by atoms with Crippen LogP contribution in [0.15, 0.2) is 6.20 Å². The molecule has 3 nitrogen and oxygen atoms in total. The van der Waals surface area contributed by atoms with Gasteiger partial charge in [-0.25, -0.2) is 4.98 Å². The monoisotopic (exact) mass is 463 g/mol. The minimum atomic E-state index is 0. The normalized spacial score (nSPS) is 23.5. The Labute approximate surface area is 177 Å². The van der Waals surface area contributed by atoms with Crippen LogP contribution in [0.3, 0.4) is 0 Å². The summed E-state index contributed by atoms with van der Waals surface area (Å²) in [6.07, 6.45) is 19.1. The SMILES string of the molecule is CCCCC1(CCCC)CC1(CCCC)Cc1nncc(C2CC2)n1.[Sn]. The largest absolute Gasteiger partial charge is 0.234 e. The molecule has 2 aliphatic rings. The van der Waals surface area contributed by atoms with E-state index in [1.54, 1.807) is 0 Å². The molecule has 1 aromatic rings. The molecule has 0 aromatic carbocycles. The van der Waals surface area contributed by atoms with E-state index in [1.165, 1.54) is 82.7 Å². The molecule has 0 spiro atoms. The molecule has 26 heavy (non-hydrogen) atoms. The van der Waals surface area contributed by atoms with Gasteiger partial charge in [-0.2, -0.15) is 5.10 Å². The van der Waals surface area contributed by atoms with Gasteiger partial charge in [0.25, 0.3) is 0 Å². The van der Waals surface area contributed by atoms with Gasteiger partial charge in [-0.15, -0.1) is 5.10 Å². The summed E-state index contributed by atoms with van der Waals surface area (Å²) in [5, 5.41) is 8.75. The molecule has 4 heteroatoms. The Balaban J connectivity index is 0.00000243. The van der Waals surface area contributed by atoms with E-state index < -0.39 is 0 Å². The van der Waals surface area contributed by atoms with Gasteiger partial charge < -0.3 is 0 Å². The first-order valence-corrected chi connectivity index (χ1v) is 10.9. The maximum Gasteiger partial charge on any atom is 0.151 e. The van der Waals surface area contributed by atoms with Gasteiger partial charge in [0.2, 0.25) is 0 Å². The molecular formula is C22H37N3Sn. The van der Waals surface area contributed by atoms with Crippen molar-refractivity contribution in [3.05, 3.63) is 17.7 Å². The molecule has 0 amide bonds. The van der Waals surface area contributed by atoms with Gasteiger partial charge in [0.15, 0.2) is 5.82 Å². The fraction of sp³-hybridized carbons (Fsp3) is 0.864. The summed E-state index contributed by atoms with van der Waals surface area (Å²) >= 11 is 0. The predicted octanol–water partition coefficient (Wildman–Crippen LogP) is 5.86. The van der Waals surface area contributed by atoms with Gasteiger partial charge in [0.05, 0.1) is 11.9 Å². The third-order valence-electron chi connectivity index (χ3n) is 6.82. The van der Waals surface area contributed by atoms with Crippen LogP contribution in [0.25, 0.3) is 0 Å². The zero-order valence-corrected chi connectivity index (χ0v) is 20.0. The standard InChI is InChI=1S/C22H37N3.Sn/c1-4-7-12-21(13-8-5-2)17-22(21,14-9-6-3)15-20-24-19(16-23-25-20)18-10-11-18;/h16,18H,4-15,17H2,1-3H3;. The van der Waals surface area contributed by atoms with Gasteiger partial charge in [0, 0.05) is 36.2 Å². The molecule has 2 fully saturated rings. The van der Waals surface area contributed by atoms with Gasteiger partial charge in [-0.05, 0) is 49.4 Å². The Morgan fingerprint density at radius 2 is 1.50 bits per heavy atom. The minimum Gasteiger partial charge on any atom is -0.234 e. The number of nitrogens with zero attached hydrogens (tertiary/aromatic N) is 3. The van der Waals surface area contributed by atoms with Crippen molar-refractivity contribution in [1.82, 2.24) is 15.2 Å². The number of hydrogen-bond acceptors (Lipinski definition) is 3. The van der Waals surface area contributed by atoms with Crippen LogP contribution in [0.5, 0.6) is 0 Å².